The van der Waals surface area contributed by atoms with Gasteiger partial charge < -0.3 is 0 Å². The molecule has 0 bridgehead atoms. The minimum absolute atomic E-state index is 0.478. The normalized spacial score (nSPS) is 18.5. The van der Waals surface area contributed by atoms with Gasteiger partial charge in [-0.25, -0.2) is 8.78 Å². The summed E-state index contributed by atoms with van der Waals surface area (Å²) in [5, 5.41) is 0. The highest BCUT2D eigenvalue weighted by Crippen LogP contribution is 2.26. The molecule has 0 radical (unpaired) electrons. The molecule has 0 saturated heterocycles. The van der Waals surface area contributed by atoms with Gasteiger partial charge in [-0.1, -0.05) is 34.1 Å². The summed E-state index contributed by atoms with van der Waals surface area (Å²) in [6.45, 7) is 0. The summed E-state index contributed by atoms with van der Waals surface area (Å²) in [7, 11) is 0. The molecule has 0 saturated carbocycles. The first-order valence-electron chi connectivity index (χ1n) is 4.82. The molecule has 1 aromatic rings. The van der Waals surface area contributed by atoms with Crippen LogP contribution in [0.2, 0.25) is 0 Å². The summed E-state index contributed by atoms with van der Waals surface area (Å²) in [4.78, 5) is 0. The van der Waals surface area contributed by atoms with Crippen molar-refractivity contribution in [1.82, 2.24) is 0 Å². The van der Waals surface area contributed by atoms with Crippen molar-refractivity contribution in [2.75, 3.05) is 0 Å². The van der Waals surface area contributed by atoms with Crippen molar-refractivity contribution >= 4 is 15.9 Å². The number of halogens is 3. The van der Waals surface area contributed by atoms with Crippen molar-refractivity contribution in [2.45, 2.75) is 6.40 Å². The van der Waals surface area contributed by atoms with Gasteiger partial charge in [0.05, 0.1) is 5.48 Å². The van der Waals surface area contributed by atoms with Crippen molar-refractivity contribution in [3.8, 4) is 0 Å². The maximum Gasteiger partial charge on any atom is 0.264 e. The topological polar surface area (TPSA) is 0 Å². The molecule has 0 aliphatic heterocycles. The van der Waals surface area contributed by atoms with Gasteiger partial charge in [-0.2, -0.15) is 0 Å². The molecule has 0 spiro atoms. The van der Waals surface area contributed by atoms with Crippen LogP contribution in [0.25, 0.3) is 0 Å². The van der Waals surface area contributed by atoms with Crippen molar-refractivity contribution in [3.05, 3.63) is 34.2 Å². The molecule has 0 atom stereocenters. The Kier molecular flexibility index (Phi) is 1.02. The van der Waals surface area contributed by atoms with E-state index in [-0.39, 0.29) is 0 Å². The summed E-state index contributed by atoms with van der Waals surface area (Å²) in [5.74, 6) is 0. The maximum absolute atomic E-state index is 12.8. The van der Waals surface area contributed by atoms with Gasteiger partial charge in [0.1, 0.15) is 1.37 Å². The van der Waals surface area contributed by atoms with Gasteiger partial charge in [0.15, 0.2) is 0 Å². The van der Waals surface area contributed by atoms with Crippen LogP contribution in [0.1, 0.15) is 18.8 Å². The second-order valence-electron chi connectivity index (χ2n) is 1.45. The van der Waals surface area contributed by atoms with Gasteiger partial charge in [-0.15, -0.1) is 0 Å². The van der Waals surface area contributed by atoms with Gasteiger partial charge in [0.2, 0.25) is 0 Å². The lowest BCUT2D eigenvalue weighted by molar-refractivity contribution is 0.150. The molecule has 3 heteroatoms. The molecule has 0 nitrogen and oxygen atoms in total. The molecule has 0 amide bonds. The minimum Gasteiger partial charge on any atom is -0.205 e. The number of alkyl halides is 2. The van der Waals surface area contributed by atoms with E-state index in [9.17, 15) is 8.78 Å². The van der Waals surface area contributed by atoms with Crippen LogP contribution in [0.5, 0.6) is 0 Å². The fourth-order valence-electron chi connectivity index (χ4n) is 0.427. The van der Waals surface area contributed by atoms with Gasteiger partial charge in [-0.05, 0) is 6.04 Å². The smallest absolute Gasteiger partial charge is 0.205 e. The van der Waals surface area contributed by atoms with E-state index in [1.54, 1.807) is 0 Å². The Hall–Kier alpha value is -0.440. The van der Waals surface area contributed by atoms with Crippen molar-refractivity contribution < 1.29 is 15.6 Å². The number of hydrogen-bond donors (Lipinski definition) is 0. The van der Waals surface area contributed by atoms with E-state index in [1.807, 2.05) is 0 Å². The number of rotatable bonds is 1. The predicted octanol–water partition coefficient (Wildman–Crippen LogP) is 3.39. The highest BCUT2D eigenvalue weighted by Gasteiger charge is 2.08. The van der Waals surface area contributed by atoms with E-state index in [4.69, 9.17) is 6.85 Å². The highest BCUT2D eigenvalue weighted by atomic mass is 79.9. The minimum atomic E-state index is -4.06. The Morgan fingerprint density at radius 1 is 1.50 bits per heavy atom. The lowest BCUT2D eigenvalue weighted by Gasteiger charge is -1.99. The fraction of sp³-hybridized carbons (Fsp3) is 0.143. The Bertz CT molecular complexity index is 386. The Labute approximate surface area is 73.0 Å². The molecule has 1 rings (SSSR count). The van der Waals surface area contributed by atoms with E-state index in [1.165, 1.54) is 0 Å². The SMILES string of the molecule is [2H]c1c([2H])c([2H])c(C([2H])(F)F)c(Br)c1[2H]. The molecule has 54 valence electrons. The molecule has 0 heterocycles. The van der Waals surface area contributed by atoms with Crippen LogP contribution >= 0.6 is 15.9 Å². The van der Waals surface area contributed by atoms with Crippen molar-refractivity contribution in [1.29, 1.82) is 0 Å². The Balaban J connectivity index is 3.68. The predicted molar refractivity (Wildman–Crippen MR) is 39.1 cm³/mol. The summed E-state index contributed by atoms with van der Waals surface area (Å²) in [6, 6.07) is -2.90. The van der Waals surface area contributed by atoms with Gasteiger partial charge in [-0.3, -0.25) is 0 Å². The van der Waals surface area contributed by atoms with E-state index in [0.717, 1.165) is 0 Å². The summed E-state index contributed by atoms with van der Waals surface area (Å²) in [6.07, 6.45) is -4.06. The molecule has 0 aliphatic rings. The molecule has 0 unspecified atom stereocenters. The largest absolute Gasteiger partial charge is 0.264 e. The summed E-state index contributed by atoms with van der Waals surface area (Å²) >= 11 is 2.64. The van der Waals surface area contributed by atoms with Crippen LogP contribution in [0.4, 0.5) is 8.78 Å². The van der Waals surface area contributed by atoms with Crippen LogP contribution in [0.3, 0.4) is 0 Å². The first-order valence-corrected chi connectivity index (χ1v) is 3.11. The van der Waals surface area contributed by atoms with Crippen LogP contribution in [-0.2, 0) is 0 Å². The van der Waals surface area contributed by atoms with E-state index in [2.05, 4.69) is 15.9 Å². The summed E-state index contributed by atoms with van der Waals surface area (Å²) < 4.78 is 60.4. The molecule has 10 heavy (non-hydrogen) atoms. The second-order valence-corrected chi connectivity index (χ2v) is 2.24. The second kappa shape index (κ2) is 3.10. The number of benzene rings is 1. The van der Waals surface area contributed by atoms with Crippen LogP contribution in [0.15, 0.2) is 28.6 Å². The zero-order valence-electron chi connectivity index (χ0n) is 9.63. The zero-order valence-corrected chi connectivity index (χ0v) is 6.22. The lowest BCUT2D eigenvalue weighted by Crippen LogP contribution is -1.83. The summed E-state index contributed by atoms with van der Waals surface area (Å²) in [5.41, 5.74) is -1.05. The van der Waals surface area contributed by atoms with Crippen LogP contribution < -0.4 is 0 Å². The number of hydrogen-bond acceptors (Lipinski definition) is 0. The third-order valence-corrected chi connectivity index (χ3v) is 1.43. The maximum atomic E-state index is 12.8. The third-order valence-electron chi connectivity index (χ3n) is 0.831. The van der Waals surface area contributed by atoms with E-state index >= 15 is 0 Å². The molecular weight excluding hydrogens is 202 g/mol. The standard InChI is InChI=1S/C7H5BrF2/c8-6-4-2-1-3-5(6)7(9)10/h1-4,7H/i1D,2D,3D,4D,7D. The molecule has 1 aromatic carbocycles. The lowest BCUT2D eigenvalue weighted by atomic mass is 10.2. The van der Waals surface area contributed by atoms with E-state index < -0.39 is 40.6 Å². The van der Waals surface area contributed by atoms with Crippen LogP contribution in [-0.4, -0.2) is 0 Å². The average Bonchev–Trinajstić information content (AvgIpc) is 2.09. The third kappa shape index (κ3) is 1.53. The molecular formula is C7H5BrF2. The Morgan fingerprint density at radius 3 is 2.70 bits per heavy atom. The highest BCUT2D eigenvalue weighted by molar-refractivity contribution is 9.10. The molecule has 0 N–H and O–H groups in total. The van der Waals surface area contributed by atoms with E-state index in [0.29, 0.717) is 0 Å². The van der Waals surface area contributed by atoms with Crippen molar-refractivity contribution in [2.24, 2.45) is 0 Å². The van der Waals surface area contributed by atoms with Crippen molar-refractivity contribution in [3.63, 3.8) is 0 Å². The van der Waals surface area contributed by atoms with Crippen LogP contribution in [0, 0.1) is 0 Å². The van der Waals surface area contributed by atoms with Gasteiger partial charge >= 0.3 is 0 Å². The molecule has 0 fully saturated rings. The molecule has 0 aromatic heterocycles. The monoisotopic (exact) mass is 211 g/mol. The van der Waals surface area contributed by atoms with Gasteiger partial charge in [0, 0.05) is 10.0 Å². The first kappa shape index (κ1) is 3.30. The quantitative estimate of drug-likeness (QED) is 0.669. The zero-order chi connectivity index (χ0) is 12.0. The average molecular weight is 212 g/mol. The Morgan fingerprint density at radius 2 is 2.10 bits per heavy atom. The molecule has 0 aliphatic carbocycles. The fourth-order valence-corrected chi connectivity index (χ4v) is 0.776. The van der Waals surface area contributed by atoms with Gasteiger partial charge in [0.25, 0.3) is 6.40 Å². The first-order chi connectivity index (χ1) is 6.68.